The SMILES string of the molecule is C=Cc1c(C)c2c(c(-c3cccn3C)c1CCN(C)CC1=C(C)C=C(C)NC1=C)C(C)C1(CCC(N(C)C)CC1)C2. The molecular weight excluding hydrogens is 500 g/mol. The first-order valence-electron chi connectivity index (χ1n) is 15.6. The average Bonchev–Trinajstić information content (AvgIpc) is 3.46. The number of aromatic nitrogens is 1. The van der Waals surface area contributed by atoms with Gasteiger partial charge in [-0.2, -0.15) is 0 Å². The second-order valence-electron chi connectivity index (χ2n) is 13.5. The summed E-state index contributed by atoms with van der Waals surface area (Å²) in [6.07, 6.45) is 14.0. The lowest BCUT2D eigenvalue weighted by Gasteiger charge is -2.43. The predicted octanol–water partition coefficient (Wildman–Crippen LogP) is 7.61. The van der Waals surface area contributed by atoms with Crippen LogP contribution in [0, 0.1) is 12.3 Å². The van der Waals surface area contributed by atoms with Crippen LogP contribution < -0.4 is 5.32 Å². The largest absolute Gasteiger partial charge is 0.359 e. The molecule has 1 aliphatic heterocycles. The molecule has 3 aliphatic rings. The molecule has 2 aromatic rings. The van der Waals surface area contributed by atoms with Gasteiger partial charge in [0.1, 0.15) is 0 Å². The van der Waals surface area contributed by atoms with Crippen molar-refractivity contribution >= 4 is 6.08 Å². The minimum atomic E-state index is 0.372. The van der Waals surface area contributed by atoms with Gasteiger partial charge >= 0.3 is 0 Å². The van der Waals surface area contributed by atoms with Crippen LogP contribution in [0.4, 0.5) is 0 Å². The minimum absolute atomic E-state index is 0.372. The molecule has 4 heteroatoms. The lowest BCUT2D eigenvalue weighted by molar-refractivity contribution is 0.106. The Bertz CT molecular complexity index is 1410. The fourth-order valence-corrected chi connectivity index (χ4v) is 8.28. The van der Waals surface area contributed by atoms with Crippen LogP contribution in [0.3, 0.4) is 0 Å². The van der Waals surface area contributed by atoms with Gasteiger partial charge in [0.15, 0.2) is 0 Å². The first kappa shape index (κ1) is 29.7. The van der Waals surface area contributed by atoms with Crippen molar-refractivity contribution in [3.63, 3.8) is 0 Å². The Hall–Kier alpha value is -2.82. The number of nitrogens with one attached hydrogen (secondary N) is 1. The maximum atomic E-state index is 4.36. The number of rotatable bonds is 8. The monoisotopic (exact) mass is 552 g/mol. The molecule has 1 saturated carbocycles. The summed E-state index contributed by atoms with van der Waals surface area (Å²) in [6.45, 7) is 19.8. The van der Waals surface area contributed by atoms with E-state index in [-0.39, 0.29) is 0 Å². The summed E-state index contributed by atoms with van der Waals surface area (Å²) in [5.41, 5.74) is 15.5. The number of dihydropyridines is 1. The van der Waals surface area contributed by atoms with Crippen molar-refractivity contribution < 1.29 is 0 Å². The summed E-state index contributed by atoms with van der Waals surface area (Å²) in [4.78, 5) is 4.90. The molecule has 2 heterocycles. The third-order valence-corrected chi connectivity index (χ3v) is 10.8. The third-order valence-electron chi connectivity index (χ3n) is 10.8. The second-order valence-corrected chi connectivity index (χ2v) is 13.5. The van der Waals surface area contributed by atoms with Gasteiger partial charge in [-0.05, 0) is 149 Å². The normalized spacial score (nSPS) is 24.3. The highest BCUT2D eigenvalue weighted by molar-refractivity contribution is 5.79. The first-order valence-corrected chi connectivity index (χ1v) is 15.6. The molecule has 41 heavy (non-hydrogen) atoms. The molecule has 1 spiro atoms. The Kier molecular flexibility index (Phi) is 8.29. The van der Waals surface area contributed by atoms with Gasteiger partial charge in [-0.15, -0.1) is 0 Å². The second kappa shape index (κ2) is 11.5. The molecule has 5 rings (SSSR count). The zero-order chi connectivity index (χ0) is 29.6. The van der Waals surface area contributed by atoms with Crippen molar-refractivity contribution in [1.82, 2.24) is 19.7 Å². The molecule has 0 bridgehead atoms. The van der Waals surface area contributed by atoms with Crippen LogP contribution >= 0.6 is 0 Å². The fraction of sp³-hybridized carbons (Fsp3) is 0.514. The summed E-state index contributed by atoms with van der Waals surface area (Å²) >= 11 is 0. The molecule has 1 aromatic heterocycles. The van der Waals surface area contributed by atoms with E-state index >= 15 is 0 Å². The van der Waals surface area contributed by atoms with Crippen LogP contribution in [-0.4, -0.2) is 54.6 Å². The molecule has 1 fully saturated rings. The summed E-state index contributed by atoms with van der Waals surface area (Å²) in [5.74, 6) is 0.555. The molecule has 1 unspecified atom stereocenters. The molecule has 220 valence electrons. The van der Waals surface area contributed by atoms with Gasteiger partial charge in [-0.25, -0.2) is 0 Å². The van der Waals surface area contributed by atoms with Crippen molar-refractivity contribution in [1.29, 1.82) is 0 Å². The molecule has 0 amide bonds. The number of aryl methyl sites for hydroxylation is 1. The van der Waals surface area contributed by atoms with Gasteiger partial charge in [0, 0.05) is 55.0 Å². The van der Waals surface area contributed by atoms with Crippen molar-refractivity contribution in [3.8, 4) is 11.3 Å². The van der Waals surface area contributed by atoms with E-state index in [0.29, 0.717) is 17.4 Å². The maximum absolute atomic E-state index is 4.36. The molecule has 0 radical (unpaired) electrons. The van der Waals surface area contributed by atoms with Crippen LogP contribution in [0.2, 0.25) is 0 Å². The summed E-state index contributed by atoms with van der Waals surface area (Å²) in [5, 5.41) is 3.43. The van der Waals surface area contributed by atoms with Crippen molar-refractivity contribution in [3.05, 3.63) is 87.9 Å². The predicted molar refractivity (Wildman–Crippen MR) is 176 cm³/mol. The van der Waals surface area contributed by atoms with Gasteiger partial charge in [0.25, 0.3) is 0 Å². The quantitative estimate of drug-likeness (QED) is 0.365. The minimum Gasteiger partial charge on any atom is -0.359 e. The van der Waals surface area contributed by atoms with Crippen LogP contribution in [0.25, 0.3) is 17.3 Å². The molecular formula is C37H52N4. The van der Waals surface area contributed by atoms with Gasteiger partial charge < -0.3 is 19.7 Å². The van der Waals surface area contributed by atoms with E-state index in [2.05, 4.69) is 119 Å². The lowest BCUT2D eigenvalue weighted by Crippen LogP contribution is -2.38. The number of allylic oxidation sites excluding steroid dienone is 3. The zero-order valence-corrected chi connectivity index (χ0v) is 27.0. The Morgan fingerprint density at radius 1 is 1.15 bits per heavy atom. The number of hydrogen-bond donors (Lipinski definition) is 1. The molecule has 1 N–H and O–H groups in total. The number of nitrogens with zero attached hydrogens (tertiary/aromatic N) is 3. The molecule has 1 aromatic carbocycles. The van der Waals surface area contributed by atoms with Gasteiger partial charge in [0.2, 0.25) is 0 Å². The van der Waals surface area contributed by atoms with E-state index in [4.69, 9.17) is 0 Å². The van der Waals surface area contributed by atoms with Crippen LogP contribution in [0.5, 0.6) is 0 Å². The van der Waals surface area contributed by atoms with Gasteiger partial charge in [0.05, 0.1) is 0 Å². The fourth-order valence-electron chi connectivity index (χ4n) is 8.28. The van der Waals surface area contributed by atoms with E-state index in [0.717, 1.165) is 30.9 Å². The maximum Gasteiger partial charge on any atom is 0.0483 e. The van der Waals surface area contributed by atoms with Crippen LogP contribution in [0.15, 0.2) is 60.1 Å². The van der Waals surface area contributed by atoms with Crippen molar-refractivity contribution in [2.45, 2.75) is 78.2 Å². The van der Waals surface area contributed by atoms with E-state index in [1.807, 2.05) is 0 Å². The first-order chi connectivity index (χ1) is 19.5. The molecule has 0 saturated heterocycles. The summed E-state index contributed by atoms with van der Waals surface area (Å²) in [7, 11) is 8.96. The molecule has 2 aliphatic carbocycles. The lowest BCUT2D eigenvalue weighted by atomic mass is 9.65. The highest BCUT2D eigenvalue weighted by Crippen LogP contribution is 2.59. The number of benzene rings is 1. The average molecular weight is 553 g/mol. The standard InChI is InChI=1S/C37H52N4/c1-11-30-26(4)32-22-37(17-14-29(15-18-37)39(7)8)27(5)35(32)36(34-13-12-19-41(34)10)31(30)16-20-40(9)23-33-24(2)21-25(3)38-28(33)6/h11-13,19,21,27,29,38H,1,6,14-18,20,22-23H2,2-5,7-10H3. The van der Waals surface area contributed by atoms with Crippen molar-refractivity contribution in [2.75, 3.05) is 34.2 Å². The topological polar surface area (TPSA) is 23.4 Å². The van der Waals surface area contributed by atoms with E-state index < -0.39 is 0 Å². The number of likely N-dealkylation sites (N-methyl/N-ethyl adjacent to an activating group) is 1. The van der Waals surface area contributed by atoms with Crippen LogP contribution in [0.1, 0.15) is 80.2 Å². The van der Waals surface area contributed by atoms with Gasteiger partial charge in [-0.3, -0.25) is 0 Å². The highest BCUT2D eigenvalue weighted by Gasteiger charge is 2.48. The smallest absolute Gasteiger partial charge is 0.0483 e. The number of fused-ring (bicyclic) bond motifs is 1. The molecule has 4 nitrogen and oxygen atoms in total. The Balaban J connectivity index is 1.53. The van der Waals surface area contributed by atoms with E-state index in [1.54, 1.807) is 11.1 Å². The van der Waals surface area contributed by atoms with Gasteiger partial charge in [-0.1, -0.05) is 26.2 Å². The summed E-state index contributed by atoms with van der Waals surface area (Å²) < 4.78 is 2.33. The Morgan fingerprint density at radius 3 is 2.44 bits per heavy atom. The van der Waals surface area contributed by atoms with E-state index in [9.17, 15) is 0 Å². The Morgan fingerprint density at radius 2 is 1.85 bits per heavy atom. The summed E-state index contributed by atoms with van der Waals surface area (Å²) in [6, 6.07) is 5.25. The number of hydrogen-bond acceptors (Lipinski definition) is 3. The Labute approximate surface area is 249 Å². The van der Waals surface area contributed by atoms with Crippen LogP contribution in [-0.2, 0) is 19.9 Å². The molecule has 1 atom stereocenters. The third kappa shape index (κ3) is 5.30. The zero-order valence-electron chi connectivity index (χ0n) is 27.0. The highest BCUT2D eigenvalue weighted by atomic mass is 15.1. The van der Waals surface area contributed by atoms with E-state index in [1.165, 1.54) is 71.2 Å². The van der Waals surface area contributed by atoms with Crippen molar-refractivity contribution in [2.24, 2.45) is 12.5 Å².